The maximum Gasteiger partial charge on any atom is 0.0430 e. The van der Waals surface area contributed by atoms with Gasteiger partial charge in [0.2, 0.25) is 0 Å². The van der Waals surface area contributed by atoms with E-state index >= 15 is 0 Å². The molecule has 0 nitrogen and oxygen atoms in total. The van der Waals surface area contributed by atoms with Crippen LogP contribution in [-0.4, -0.2) is 10.5 Å². The number of allylic oxidation sites excluding steroid dienone is 7. The number of thioether (sulfide) groups is 1. The fourth-order valence-electron chi connectivity index (χ4n) is 4.73. The van der Waals surface area contributed by atoms with Gasteiger partial charge in [-0.25, -0.2) is 0 Å². The van der Waals surface area contributed by atoms with Crippen LogP contribution in [0.4, 0.5) is 0 Å². The van der Waals surface area contributed by atoms with Crippen molar-refractivity contribution in [3.63, 3.8) is 0 Å². The van der Waals surface area contributed by atoms with Crippen LogP contribution in [0.1, 0.15) is 28.8 Å². The van der Waals surface area contributed by atoms with Gasteiger partial charge in [0.15, 0.2) is 0 Å². The van der Waals surface area contributed by atoms with Crippen LogP contribution in [0.3, 0.4) is 0 Å². The van der Waals surface area contributed by atoms with Gasteiger partial charge in [0.25, 0.3) is 0 Å². The first-order chi connectivity index (χ1) is 12.9. The molecule has 2 heteroatoms. The third-order valence-corrected chi connectivity index (χ3v) is 8.85. The van der Waals surface area contributed by atoms with E-state index in [0.29, 0.717) is 16.4 Å². The highest BCUT2D eigenvalue weighted by molar-refractivity contribution is 8.01. The molecule has 3 unspecified atom stereocenters. The Bertz CT molecular complexity index is 1060. The van der Waals surface area contributed by atoms with E-state index in [1.54, 1.807) is 10.5 Å². The predicted octanol–water partition coefficient (Wildman–Crippen LogP) is 6.80. The Morgan fingerprint density at radius 2 is 2.08 bits per heavy atom. The summed E-state index contributed by atoms with van der Waals surface area (Å²) in [5.41, 5.74) is 5.93. The maximum absolute atomic E-state index is 2.54. The van der Waals surface area contributed by atoms with Crippen molar-refractivity contribution in [1.82, 2.24) is 0 Å². The Morgan fingerprint density at radius 3 is 3.08 bits per heavy atom. The van der Waals surface area contributed by atoms with Crippen molar-refractivity contribution in [3.8, 4) is 0 Å². The van der Waals surface area contributed by atoms with E-state index < -0.39 is 0 Å². The molecule has 0 bridgehead atoms. The zero-order valence-electron chi connectivity index (χ0n) is 14.5. The van der Waals surface area contributed by atoms with E-state index in [1.807, 2.05) is 11.3 Å². The normalized spacial score (nSPS) is 28.5. The first-order valence-electron chi connectivity index (χ1n) is 9.52. The average Bonchev–Trinajstić information content (AvgIpc) is 3.25. The van der Waals surface area contributed by atoms with Crippen LogP contribution in [0.15, 0.2) is 66.3 Å². The summed E-state index contributed by atoms with van der Waals surface area (Å²) in [5.74, 6) is 0.595. The molecular weight excluding hydrogens is 352 g/mol. The number of benzene rings is 1. The van der Waals surface area contributed by atoms with Gasteiger partial charge >= 0.3 is 0 Å². The van der Waals surface area contributed by atoms with Crippen LogP contribution in [0.2, 0.25) is 0 Å². The molecule has 0 saturated carbocycles. The summed E-state index contributed by atoms with van der Waals surface area (Å²) < 4.78 is 1.47. The van der Waals surface area contributed by atoms with Crippen LogP contribution >= 0.6 is 23.1 Å². The average molecular weight is 373 g/mol. The molecule has 0 spiro atoms. The maximum atomic E-state index is 2.54. The first kappa shape index (κ1) is 15.3. The lowest BCUT2D eigenvalue weighted by molar-refractivity contribution is 0.777. The molecule has 1 fully saturated rings. The predicted molar refractivity (Wildman–Crippen MR) is 117 cm³/mol. The highest BCUT2D eigenvalue weighted by Gasteiger charge is 2.38. The molecule has 2 aromatic rings. The van der Waals surface area contributed by atoms with Gasteiger partial charge in [0.05, 0.1) is 0 Å². The lowest BCUT2D eigenvalue weighted by Gasteiger charge is -2.20. The number of hydrogen-bond donors (Lipinski definition) is 0. The first-order valence-corrected chi connectivity index (χ1v) is 11.3. The highest BCUT2D eigenvalue weighted by Crippen LogP contribution is 2.50. The summed E-state index contributed by atoms with van der Waals surface area (Å²) in [6, 6.07) is 6.86. The van der Waals surface area contributed by atoms with Crippen molar-refractivity contribution >= 4 is 44.8 Å². The Kier molecular flexibility index (Phi) is 3.45. The van der Waals surface area contributed by atoms with Crippen molar-refractivity contribution < 1.29 is 0 Å². The molecular formula is C24H20S2. The molecule has 1 saturated heterocycles. The van der Waals surface area contributed by atoms with Gasteiger partial charge in [-0.05, 0) is 41.5 Å². The quantitative estimate of drug-likeness (QED) is 0.530. The fraction of sp³-hybridized carbons (Fsp3) is 0.250. The summed E-state index contributed by atoms with van der Waals surface area (Å²) in [5, 5.41) is 2.72. The minimum absolute atomic E-state index is 0.593. The van der Waals surface area contributed by atoms with Crippen molar-refractivity contribution in [2.24, 2.45) is 5.92 Å². The van der Waals surface area contributed by atoms with Crippen LogP contribution in [-0.2, 0) is 6.42 Å². The SMILES string of the molecule is C1=CCC2SC3C=C(c4cccc5c6c(sc45)CCC=C6)C=CC3C2=C1. The summed E-state index contributed by atoms with van der Waals surface area (Å²) in [4.78, 5) is 1.56. The Labute approximate surface area is 162 Å². The molecule has 1 aromatic heterocycles. The zero-order valence-corrected chi connectivity index (χ0v) is 16.2. The number of aryl methyl sites for hydroxylation is 1. The molecule has 0 N–H and O–H groups in total. The van der Waals surface area contributed by atoms with Crippen LogP contribution in [0.5, 0.6) is 0 Å². The highest BCUT2D eigenvalue weighted by atomic mass is 32.2. The number of hydrogen-bond acceptors (Lipinski definition) is 2. The van der Waals surface area contributed by atoms with Crippen molar-refractivity contribution in [1.29, 1.82) is 0 Å². The molecule has 0 amide bonds. The Morgan fingerprint density at radius 1 is 1.08 bits per heavy atom. The summed E-state index contributed by atoms with van der Waals surface area (Å²) in [6.45, 7) is 0. The Hall–Kier alpha value is -1.77. The zero-order chi connectivity index (χ0) is 17.1. The van der Waals surface area contributed by atoms with E-state index in [4.69, 9.17) is 0 Å². The second-order valence-corrected chi connectivity index (χ2v) is 9.98. The molecule has 1 aliphatic heterocycles. The molecule has 2 heterocycles. The minimum atomic E-state index is 0.593. The van der Waals surface area contributed by atoms with Gasteiger partial charge < -0.3 is 0 Å². The molecule has 128 valence electrons. The molecule has 4 aliphatic rings. The van der Waals surface area contributed by atoms with Gasteiger partial charge in [0.1, 0.15) is 0 Å². The standard InChI is InChI=1S/C24H20S2/c1-3-10-21-17(6-1)19-13-12-15(14-23(19)25-21)16-8-5-9-20-18-7-2-4-11-22(18)26-24(16)20/h1-3,5-9,12-14,19,21,23H,4,10-11H2. The largest absolute Gasteiger partial charge is 0.145 e. The number of rotatable bonds is 1. The molecule has 26 heavy (non-hydrogen) atoms. The molecule has 3 atom stereocenters. The smallest absolute Gasteiger partial charge is 0.0430 e. The number of thiophene rings is 1. The van der Waals surface area contributed by atoms with Crippen molar-refractivity contribution in [2.45, 2.75) is 29.8 Å². The third-order valence-electron chi connectivity index (χ3n) is 6.00. The third kappa shape index (κ3) is 2.22. The van der Waals surface area contributed by atoms with Gasteiger partial charge in [0, 0.05) is 31.4 Å². The summed E-state index contributed by atoms with van der Waals surface area (Å²) in [6.07, 6.45) is 22.5. The van der Waals surface area contributed by atoms with E-state index in [0.717, 1.165) is 0 Å². The van der Waals surface area contributed by atoms with E-state index in [-0.39, 0.29) is 0 Å². The number of fused-ring (bicyclic) bond motifs is 6. The summed E-state index contributed by atoms with van der Waals surface area (Å²) in [7, 11) is 0. The van der Waals surface area contributed by atoms with Crippen LogP contribution < -0.4 is 0 Å². The minimum Gasteiger partial charge on any atom is -0.145 e. The van der Waals surface area contributed by atoms with Crippen LogP contribution in [0.25, 0.3) is 21.7 Å². The Balaban J connectivity index is 1.44. The lowest BCUT2D eigenvalue weighted by Crippen LogP contribution is -2.13. The van der Waals surface area contributed by atoms with Gasteiger partial charge in [-0.3, -0.25) is 0 Å². The molecule has 1 aromatic carbocycles. The van der Waals surface area contributed by atoms with Gasteiger partial charge in [-0.1, -0.05) is 66.8 Å². The van der Waals surface area contributed by atoms with Crippen molar-refractivity contribution in [3.05, 3.63) is 82.3 Å². The molecule has 6 rings (SSSR count). The van der Waals surface area contributed by atoms with Gasteiger partial charge in [-0.2, -0.15) is 0 Å². The molecule has 3 aliphatic carbocycles. The fourth-order valence-corrected chi connectivity index (χ4v) is 7.71. The van der Waals surface area contributed by atoms with E-state index in [2.05, 4.69) is 78.6 Å². The van der Waals surface area contributed by atoms with E-state index in [1.165, 1.54) is 46.0 Å². The monoisotopic (exact) mass is 372 g/mol. The van der Waals surface area contributed by atoms with E-state index in [9.17, 15) is 0 Å². The molecule has 0 radical (unpaired) electrons. The second-order valence-electron chi connectivity index (χ2n) is 7.49. The second kappa shape index (κ2) is 5.87. The van der Waals surface area contributed by atoms with Crippen molar-refractivity contribution in [2.75, 3.05) is 0 Å². The summed E-state index contributed by atoms with van der Waals surface area (Å²) >= 11 is 4.17. The lowest BCUT2D eigenvalue weighted by atomic mass is 9.84. The topological polar surface area (TPSA) is 0 Å². The van der Waals surface area contributed by atoms with Crippen LogP contribution in [0, 0.1) is 5.92 Å². The van der Waals surface area contributed by atoms with Gasteiger partial charge in [-0.15, -0.1) is 23.1 Å².